The Morgan fingerprint density at radius 2 is 2.27 bits per heavy atom. The number of nitrogens with zero attached hydrogens (tertiary/aromatic N) is 2. The highest BCUT2D eigenvalue weighted by Crippen LogP contribution is 2.18. The molecule has 2 aromatic rings. The first kappa shape index (κ1) is 9.86. The number of nitrogens with one attached hydrogen (secondary N) is 1. The van der Waals surface area contributed by atoms with Crippen LogP contribution in [0.1, 0.15) is 18.2 Å². The third-order valence-corrected chi connectivity index (χ3v) is 2.30. The van der Waals surface area contributed by atoms with Crippen molar-refractivity contribution < 1.29 is 5.11 Å². The lowest BCUT2D eigenvalue weighted by atomic mass is 10.1. The van der Waals surface area contributed by atoms with Crippen LogP contribution in [0, 0.1) is 0 Å². The minimum atomic E-state index is -0.0265. The minimum Gasteiger partial charge on any atom is -0.390 e. The van der Waals surface area contributed by atoms with Gasteiger partial charge in [-0.25, -0.2) is 4.98 Å². The first-order chi connectivity index (χ1) is 7.35. The van der Waals surface area contributed by atoms with Gasteiger partial charge in [-0.05, 0) is 18.1 Å². The molecule has 0 aliphatic carbocycles. The van der Waals surface area contributed by atoms with Gasteiger partial charge in [-0.2, -0.15) is 0 Å². The van der Waals surface area contributed by atoms with Gasteiger partial charge in [0.15, 0.2) is 5.82 Å². The molecule has 4 nitrogen and oxygen atoms in total. The number of aliphatic hydroxyl groups excluding tert-OH is 1. The predicted octanol–water partition coefficient (Wildman–Crippen LogP) is 1.53. The number of pyridine rings is 1. The Morgan fingerprint density at radius 1 is 1.40 bits per heavy atom. The van der Waals surface area contributed by atoms with Crippen LogP contribution in [0.2, 0.25) is 0 Å². The summed E-state index contributed by atoms with van der Waals surface area (Å²) in [5, 5.41) is 8.93. The molecule has 0 unspecified atom stereocenters. The molecule has 2 aromatic heterocycles. The molecular formula is C11H13N3O. The zero-order chi connectivity index (χ0) is 10.7. The molecule has 0 aliphatic heterocycles. The summed E-state index contributed by atoms with van der Waals surface area (Å²) in [5.41, 5.74) is 2.72. The van der Waals surface area contributed by atoms with Crippen molar-refractivity contribution in [2.75, 3.05) is 0 Å². The van der Waals surface area contributed by atoms with Gasteiger partial charge in [0.05, 0.1) is 18.5 Å². The van der Waals surface area contributed by atoms with E-state index in [-0.39, 0.29) is 6.61 Å². The van der Waals surface area contributed by atoms with E-state index in [0.29, 0.717) is 5.69 Å². The highest BCUT2D eigenvalue weighted by molar-refractivity contribution is 5.54. The number of hydrogen-bond donors (Lipinski definition) is 2. The fourth-order valence-corrected chi connectivity index (χ4v) is 1.50. The topological polar surface area (TPSA) is 61.8 Å². The summed E-state index contributed by atoms with van der Waals surface area (Å²) in [6.45, 7) is 2.05. The fraction of sp³-hybridized carbons (Fsp3) is 0.273. The van der Waals surface area contributed by atoms with Crippen LogP contribution in [-0.2, 0) is 13.0 Å². The lowest BCUT2D eigenvalue weighted by Crippen LogP contribution is -1.92. The number of H-pyrrole nitrogens is 1. The van der Waals surface area contributed by atoms with Crippen LogP contribution < -0.4 is 0 Å². The second-order valence-electron chi connectivity index (χ2n) is 3.28. The largest absolute Gasteiger partial charge is 0.390 e. The number of imidazole rings is 1. The molecule has 0 bridgehead atoms. The van der Waals surface area contributed by atoms with E-state index >= 15 is 0 Å². The molecule has 0 aromatic carbocycles. The summed E-state index contributed by atoms with van der Waals surface area (Å²) >= 11 is 0. The van der Waals surface area contributed by atoms with Gasteiger partial charge < -0.3 is 10.1 Å². The Morgan fingerprint density at radius 3 is 2.93 bits per heavy atom. The quantitative estimate of drug-likeness (QED) is 0.795. The van der Waals surface area contributed by atoms with E-state index in [1.54, 1.807) is 12.4 Å². The van der Waals surface area contributed by atoms with Crippen LogP contribution >= 0.6 is 0 Å². The average molecular weight is 203 g/mol. The van der Waals surface area contributed by atoms with Crippen molar-refractivity contribution in [3.05, 3.63) is 35.8 Å². The average Bonchev–Trinajstić information content (AvgIpc) is 2.77. The normalized spacial score (nSPS) is 10.5. The third-order valence-electron chi connectivity index (χ3n) is 2.30. The van der Waals surface area contributed by atoms with Crippen LogP contribution in [0.25, 0.3) is 11.5 Å². The molecule has 0 spiro atoms. The maximum absolute atomic E-state index is 8.93. The molecule has 0 saturated carbocycles. The second kappa shape index (κ2) is 4.23. The van der Waals surface area contributed by atoms with Crippen LogP contribution in [0.4, 0.5) is 0 Å². The first-order valence-corrected chi connectivity index (χ1v) is 4.94. The van der Waals surface area contributed by atoms with Crippen molar-refractivity contribution in [3.63, 3.8) is 0 Å². The highest BCUT2D eigenvalue weighted by atomic mass is 16.3. The number of hydrogen-bond acceptors (Lipinski definition) is 3. The summed E-state index contributed by atoms with van der Waals surface area (Å²) in [6, 6.07) is 3.95. The van der Waals surface area contributed by atoms with E-state index in [1.165, 1.54) is 0 Å². The Balaban J connectivity index is 2.44. The predicted molar refractivity (Wildman–Crippen MR) is 57.1 cm³/mol. The van der Waals surface area contributed by atoms with Crippen LogP contribution in [-0.4, -0.2) is 20.1 Å². The lowest BCUT2D eigenvalue weighted by Gasteiger charge is -2.02. The van der Waals surface area contributed by atoms with E-state index < -0.39 is 0 Å². The number of aromatic amines is 1. The molecule has 78 valence electrons. The Labute approximate surface area is 88.0 Å². The lowest BCUT2D eigenvalue weighted by molar-refractivity contribution is 0.277. The van der Waals surface area contributed by atoms with Gasteiger partial charge >= 0.3 is 0 Å². The van der Waals surface area contributed by atoms with Crippen molar-refractivity contribution in [3.8, 4) is 11.5 Å². The first-order valence-electron chi connectivity index (χ1n) is 4.94. The number of rotatable bonds is 3. The number of aryl methyl sites for hydroxylation is 1. The molecule has 0 radical (unpaired) electrons. The van der Waals surface area contributed by atoms with Crippen molar-refractivity contribution in [2.24, 2.45) is 0 Å². The van der Waals surface area contributed by atoms with Gasteiger partial charge in [-0.15, -0.1) is 0 Å². The summed E-state index contributed by atoms with van der Waals surface area (Å²) in [5.74, 6) is 0.719. The van der Waals surface area contributed by atoms with Crippen LogP contribution in [0.15, 0.2) is 24.5 Å². The highest BCUT2D eigenvalue weighted by Gasteiger charge is 2.08. The molecular weight excluding hydrogens is 190 g/mol. The van der Waals surface area contributed by atoms with Gasteiger partial charge in [0, 0.05) is 6.20 Å². The summed E-state index contributed by atoms with van der Waals surface area (Å²) in [4.78, 5) is 11.5. The molecule has 2 N–H and O–H groups in total. The zero-order valence-corrected chi connectivity index (χ0v) is 8.57. The minimum absolute atomic E-state index is 0.0265. The van der Waals surface area contributed by atoms with Gasteiger partial charge in [-0.3, -0.25) is 4.98 Å². The number of aromatic nitrogens is 3. The zero-order valence-electron chi connectivity index (χ0n) is 8.57. The van der Waals surface area contributed by atoms with E-state index in [4.69, 9.17) is 5.11 Å². The van der Waals surface area contributed by atoms with Gasteiger partial charge in [0.1, 0.15) is 5.69 Å². The number of aliphatic hydroxyl groups is 1. The molecule has 0 fully saturated rings. The van der Waals surface area contributed by atoms with E-state index in [1.807, 2.05) is 12.1 Å². The Hall–Kier alpha value is -1.68. The standard InChI is InChI=1S/C11H13N3O/c1-2-8-4-3-5-12-10(8)11-13-6-9(7-15)14-11/h3-6,15H,2,7H2,1H3,(H,13,14). The SMILES string of the molecule is CCc1cccnc1-c1ncc(CO)[nH]1. The fourth-order valence-electron chi connectivity index (χ4n) is 1.50. The van der Waals surface area contributed by atoms with E-state index in [0.717, 1.165) is 23.5 Å². The monoisotopic (exact) mass is 203 g/mol. The second-order valence-corrected chi connectivity index (χ2v) is 3.28. The molecule has 0 saturated heterocycles. The van der Waals surface area contributed by atoms with Crippen LogP contribution in [0.5, 0.6) is 0 Å². The third kappa shape index (κ3) is 1.89. The maximum Gasteiger partial charge on any atom is 0.156 e. The molecule has 15 heavy (non-hydrogen) atoms. The van der Waals surface area contributed by atoms with Crippen molar-refractivity contribution >= 4 is 0 Å². The molecule has 2 heterocycles. The smallest absolute Gasteiger partial charge is 0.156 e. The molecule has 0 atom stereocenters. The summed E-state index contributed by atoms with van der Waals surface area (Å²) in [7, 11) is 0. The van der Waals surface area contributed by atoms with Crippen molar-refractivity contribution in [1.82, 2.24) is 15.0 Å². The molecule has 2 rings (SSSR count). The Bertz CT molecular complexity index is 451. The maximum atomic E-state index is 8.93. The molecule has 4 heteroatoms. The van der Waals surface area contributed by atoms with E-state index in [9.17, 15) is 0 Å². The van der Waals surface area contributed by atoms with Gasteiger partial charge in [0.25, 0.3) is 0 Å². The summed E-state index contributed by atoms with van der Waals surface area (Å²) < 4.78 is 0. The van der Waals surface area contributed by atoms with Crippen molar-refractivity contribution in [2.45, 2.75) is 20.0 Å². The molecule has 0 aliphatic rings. The Kier molecular flexibility index (Phi) is 2.78. The van der Waals surface area contributed by atoms with Gasteiger partial charge in [-0.1, -0.05) is 13.0 Å². The molecule has 0 amide bonds. The summed E-state index contributed by atoms with van der Waals surface area (Å²) in [6.07, 6.45) is 4.29. The van der Waals surface area contributed by atoms with E-state index in [2.05, 4.69) is 21.9 Å². The van der Waals surface area contributed by atoms with Crippen molar-refractivity contribution in [1.29, 1.82) is 0 Å². The van der Waals surface area contributed by atoms with Crippen LogP contribution in [0.3, 0.4) is 0 Å². The van der Waals surface area contributed by atoms with Gasteiger partial charge in [0.2, 0.25) is 0 Å².